The number of allylic oxidation sites excluding steroid dienone is 1. The van der Waals surface area contributed by atoms with Crippen molar-refractivity contribution in [1.82, 2.24) is 4.90 Å². The number of Topliss-reactive ketones (excluding diaryl/α,β-unsaturated/α-hetero) is 1. The van der Waals surface area contributed by atoms with Crippen LogP contribution in [-0.4, -0.2) is 30.9 Å². The van der Waals surface area contributed by atoms with Gasteiger partial charge < -0.3 is 9.64 Å². The molecule has 1 aromatic rings. The van der Waals surface area contributed by atoms with Gasteiger partial charge in [-0.1, -0.05) is 27.7 Å². The fourth-order valence-electron chi connectivity index (χ4n) is 3.94. The Hall–Kier alpha value is -1.77. The second-order valence-corrected chi connectivity index (χ2v) is 7.70. The summed E-state index contributed by atoms with van der Waals surface area (Å²) in [5.41, 5.74) is 4.48. The molecule has 0 spiro atoms. The molecule has 4 rings (SSSR count). The van der Waals surface area contributed by atoms with Gasteiger partial charge in [-0.05, 0) is 59.6 Å². The topological polar surface area (TPSA) is 29.5 Å². The summed E-state index contributed by atoms with van der Waals surface area (Å²) in [6, 6.07) is 4.39. The summed E-state index contributed by atoms with van der Waals surface area (Å²) >= 11 is 0. The summed E-state index contributed by atoms with van der Waals surface area (Å²) in [6.45, 7) is 10.8. The average molecular weight is 327 g/mol. The molecule has 0 aromatic heterocycles. The molecular formula is C21H29NO2. The Kier molecular flexibility index (Phi) is 4.71. The lowest BCUT2D eigenvalue weighted by atomic mass is 9.84. The molecule has 130 valence electrons. The third-order valence-electron chi connectivity index (χ3n) is 5.38. The van der Waals surface area contributed by atoms with E-state index >= 15 is 0 Å². The van der Waals surface area contributed by atoms with Gasteiger partial charge >= 0.3 is 0 Å². The summed E-state index contributed by atoms with van der Waals surface area (Å²) in [5.74, 6) is 2.34. The maximum Gasteiger partial charge on any atom is 0.182 e. The highest BCUT2D eigenvalue weighted by Gasteiger charge is 2.36. The molecule has 0 aliphatic carbocycles. The van der Waals surface area contributed by atoms with Gasteiger partial charge in [0, 0.05) is 19.0 Å². The number of nitrogens with zero attached hydrogens (tertiary/aromatic N) is 1. The van der Waals surface area contributed by atoms with Gasteiger partial charge in [-0.25, -0.2) is 0 Å². The molecule has 3 fully saturated rings. The highest BCUT2D eigenvalue weighted by Crippen LogP contribution is 2.37. The van der Waals surface area contributed by atoms with Crippen molar-refractivity contribution in [2.24, 2.45) is 5.92 Å². The van der Waals surface area contributed by atoms with Gasteiger partial charge in [0.25, 0.3) is 0 Å². The highest BCUT2D eigenvalue weighted by molar-refractivity contribution is 6.02. The molecule has 3 heteroatoms. The predicted octanol–water partition coefficient (Wildman–Crippen LogP) is 4.58. The van der Waals surface area contributed by atoms with Crippen LogP contribution < -0.4 is 4.74 Å². The molecule has 0 atom stereocenters. The number of ether oxygens (including phenoxy) is 1. The minimum Gasteiger partial charge on any atom is -0.496 e. The van der Waals surface area contributed by atoms with Crippen LogP contribution in [0.3, 0.4) is 0 Å². The SMILES string of the molecule is COc1c(C(C)C)cc(/C=C2\C(=O)C3CCN2CC3)cc1C(C)C. The van der Waals surface area contributed by atoms with Crippen LogP contribution in [0.25, 0.3) is 6.08 Å². The van der Waals surface area contributed by atoms with Crippen molar-refractivity contribution in [3.63, 3.8) is 0 Å². The minimum atomic E-state index is 0.244. The number of hydrogen-bond acceptors (Lipinski definition) is 3. The van der Waals surface area contributed by atoms with E-state index < -0.39 is 0 Å². The Morgan fingerprint density at radius 3 is 2.04 bits per heavy atom. The average Bonchev–Trinajstić information content (AvgIpc) is 2.57. The Labute approximate surface area is 145 Å². The standard InChI is InChI=1S/C21H29NO2/c1-13(2)17-10-15(11-18(14(3)4)21(17)24-5)12-19-20(23)16-6-8-22(19)9-7-16/h10-14,16H,6-9H2,1-5H3/b19-12+. The van der Waals surface area contributed by atoms with Crippen molar-refractivity contribution in [1.29, 1.82) is 0 Å². The van der Waals surface area contributed by atoms with Gasteiger partial charge in [0.05, 0.1) is 12.8 Å². The van der Waals surface area contributed by atoms with Crippen molar-refractivity contribution >= 4 is 11.9 Å². The summed E-state index contributed by atoms with van der Waals surface area (Å²) in [5, 5.41) is 0. The zero-order chi connectivity index (χ0) is 17.4. The van der Waals surface area contributed by atoms with Gasteiger partial charge in [0.15, 0.2) is 5.78 Å². The molecule has 24 heavy (non-hydrogen) atoms. The molecule has 1 aromatic carbocycles. The lowest BCUT2D eigenvalue weighted by molar-refractivity contribution is -0.125. The quantitative estimate of drug-likeness (QED) is 0.758. The number of carbonyl (C=O) groups excluding carboxylic acids is 1. The minimum absolute atomic E-state index is 0.244. The third-order valence-corrected chi connectivity index (χ3v) is 5.38. The third kappa shape index (κ3) is 2.97. The summed E-state index contributed by atoms with van der Waals surface area (Å²) < 4.78 is 5.72. The molecule has 3 heterocycles. The van der Waals surface area contributed by atoms with Gasteiger partial charge in [-0.15, -0.1) is 0 Å². The van der Waals surface area contributed by atoms with Crippen LogP contribution in [0.15, 0.2) is 17.8 Å². The number of benzene rings is 1. The highest BCUT2D eigenvalue weighted by atomic mass is 16.5. The molecular weight excluding hydrogens is 298 g/mol. The lowest BCUT2D eigenvalue weighted by Gasteiger charge is -2.41. The Morgan fingerprint density at radius 1 is 1.08 bits per heavy atom. The fraction of sp³-hybridized carbons (Fsp3) is 0.571. The molecule has 3 nitrogen and oxygen atoms in total. The summed E-state index contributed by atoms with van der Waals surface area (Å²) in [7, 11) is 1.75. The first-order valence-electron chi connectivity index (χ1n) is 9.15. The zero-order valence-electron chi connectivity index (χ0n) is 15.6. The van der Waals surface area contributed by atoms with Crippen LogP contribution in [0, 0.1) is 5.92 Å². The Balaban J connectivity index is 2.08. The van der Waals surface area contributed by atoms with Crippen molar-refractivity contribution in [3.05, 3.63) is 34.5 Å². The van der Waals surface area contributed by atoms with Gasteiger partial charge in [-0.3, -0.25) is 4.79 Å². The molecule has 3 aliphatic rings. The van der Waals surface area contributed by atoms with Crippen molar-refractivity contribution in [2.45, 2.75) is 52.4 Å². The number of ketones is 1. The van der Waals surface area contributed by atoms with Gasteiger partial charge in [0.2, 0.25) is 0 Å². The van der Waals surface area contributed by atoms with E-state index in [1.807, 2.05) is 0 Å². The number of fused-ring (bicyclic) bond motifs is 3. The molecule has 0 unspecified atom stereocenters. The van der Waals surface area contributed by atoms with Crippen LogP contribution in [-0.2, 0) is 4.79 Å². The normalized spacial score (nSPS) is 19.9. The lowest BCUT2D eigenvalue weighted by Crippen LogP contribution is -2.45. The van der Waals surface area contributed by atoms with Crippen LogP contribution >= 0.6 is 0 Å². The number of carbonyl (C=O) groups is 1. The first-order chi connectivity index (χ1) is 11.4. The van der Waals surface area contributed by atoms with Gasteiger partial charge in [-0.2, -0.15) is 0 Å². The molecule has 3 aliphatic heterocycles. The van der Waals surface area contributed by atoms with Crippen LogP contribution in [0.1, 0.15) is 69.1 Å². The van der Waals surface area contributed by atoms with Crippen molar-refractivity contribution in [2.75, 3.05) is 20.2 Å². The number of hydrogen-bond donors (Lipinski definition) is 0. The van der Waals surface area contributed by atoms with E-state index in [1.165, 1.54) is 11.1 Å². The number of piperidine rings is 3. The molecule has 0 N–H and O–H groups in total. The zero-order valence-corrected chi connectivity index (χ0v) is 15.6. The first kappa shape index (κ1) is 17.1. The van der Waals surface area contributed by atoms with Crippen LogP contribution in [0.5, 0.6) is 5.75 Å². The van der Waals surface area contributed by atoms with E-state index in [-0.39, 0.29) is 5.92 Å². The van der Waals surface area contributed by atoms with E-state index in [4.69, 9.17) is 4.74 Å². The second kappa shape index (κ2) is 6.62. The maximum atomic E-state index is 12.6. The van der Waals surface area contributed by atoms with E-state index in [0.717, 1.165) is 42.9 Å². The smallest absolute Gasteiger partial charge is 0.182 e. The van der Waals surface area contributed by atoms with Gasteiger partial charge in [0.1, 0.15) is 5.75 Å². The molecule has 0 amide bonds. The summed E-state index contributed by atoms with van der Waals surface area (Å²) in [6.07, 6.45) is 4.14. The molecule has 0 radical (unpaired) electrons. The monoisotopic (exact) mass is 327 g/mol. The number of rotatable bonds is 4. The van der Waals surface area contributed by atoms with Crippen LogP contribution in [0.4, 0.5) is 0 Å². The molecule has 2 bridgehead atoms. The summed E-state index contributed by atoms with van der Waals surface area (Å²) in [4.78, 5) is 14.9. The van der Waals surface area contributed by atoms with E-state index in [0.29, 0.717) is 17.6 Å². The first-order valence-corrected chi connectivity index (χ1v) is 9.15. The van der Waals surface area contributed by atoms with Crippen molar-refractivity contribution < 1.29 is 9.53 Å². The fourth-order valence-corrected chi connectivity index (χ4v) is 3.94. The van der Waals surface area contributed by atoms with Crippen LogP contribution in [0.2, 0.25) is 0 Å². The Morgan fingerprint density at radius 2 is 1.62 bits per heavy atom. The predicted molar refractivity (Wildman–Crippen MR) is 98.5 cm³/mol. The Bertz CT molecular complexity index is 635. The molecule has 0 saturated carbocycles. The van der Waals surface area contributed by atoms with Crippen molar-refractivity contribution in [3.8, 4) is 5.75 Å². The van der Waals surface area contributed by atoms with E-state index in [9.17, 15) is 4.79 Å². The largest absolute Gasteiger partial charge is 0.496 e. The van der Waals surface area contributed by atoms with E-state index in [2.05, 4.69) is 50.8 Å². The molecule has 3 saturated heterocycles. The van der Waals surface area contributed by atoms with E-state index in [1.54, 1.807) is 7.11 Å². The number of methoxy groups -OCH3 is 1. The second-order valence-electron chi connectivity index (χ2n) is 7.70. The maximum absolute atomic E-state index is 12.6.